The Labute approximate surface area is 155 Å². The van der Waals surface area contributed by atoms with Crippen LogP contribution < -0.4 is 20.3 Å². The van der Waals surface area contributed by atoms with Crippen LogP contribution in [0.25, 0.3) is 0 Å². The van der Waals surface area contributed by atoms with E-state index in [-0.39, 0.29) is 6.42 Å². The van der Waals surface area contributed by atoms with E-state index in [0.717, 1.165) is 0 Å². The van der Waals surface area contributed by atoms with Gasteiger partial charge in [-0.15, -0.1) is 0 Å². The number of benzene rings is 2. The molecule has 0 saturated carbocycles. The molecule has 0 atom stereocenters. The molecule has 0 bridgehead atoms. The molecule has 0 aliphatic heterocycles. The molecule has 8 heteroatoms. The Morgan fingerprint density at radius 1 is 0.920 bits per heavy atom. The van der Waals surface area contributed by atoms with Crippen molar-refractivity contribution in [3.05, 3.63) is 57.6 Å². The first-order valence-corrected chi connectivity index (χ1v) is 7.95. The van der Waals surface area contributed by atoms with Gasteiger partial charge in [0.15, 0.2) is 11.5 Å². The van der Waals surface area contributed by atoms with E-state index >= 15 is 0 Å². The molecule has 2 amide bonds. The fourth-order valence-electron chi connectivity index (χ4n) is 2.06. The van der Waals surface area contributed by atoms with Gasteiger partial charge in [-0.2, -0.15) is 0 Å². The topological polar surface area (TPSA) is 76.7 Å². The molecule has 25 heavy (non-hydrogen) atoms. The smallest absolute Gasteiger partial charge is 0.269 e. The highest BCUT2D eigenvalue weighted by Crippen LogP contribution is 2.27. The summed E-state index contributed by atoms with van der Waals surface area (Å²) >= 11 is 11.7. The summed E-state index contributed by atoms with van der Waals surface area (Å²) in [5.74, 6) is 0.0376. The molecule has 0 heterocycles. The minimum Gasteiger partial charge on any atom is -0.493 e. The molecule has 132 valence electrons. The highest BCUT2D eigenvalue weighted by atomic mass is 35.5. The normalized spacial score (nSPS) is 10.1. The number of nitrogens with one attached hydrogen (secondary N) is 2. The molecule has 0 saturated heterocycles. The van der Waals surface area contributed by atoms with Gasteiger partial charge in [0.2, 0.25) is 5.91 Å². The Bertz CT molecular complexity index is 796. The lowest BCUT2D eigenvalue weighted by Crippen LogP contribution is -2.42. The third-order valence-corrected chi connectivity index (χ3v) is 4.05. The molecule has 2 rings (SSSR count). The van der Waals surface area contributed by atoms with Gasteiger partial charge in [-0.3, -0.25) is 20.4 Å². The minimum absolute atomic E-state index is 0.0447. The number of rotatable bonds is 5. The first-order chi connectivity index (χ1) is 11.9. The van der Waals surface area contributed by atoms with E-state index in [4.69, 9.17) is 32.7 Å². The number of halogens is 2. The van der Waals surface area contributed by atoms with Gasteiger partial charge in [0, 0.05) is 5.56 Å². The average molecular weight is 383 g/mol. The van der Waals surface area contributed by atoms with Crippen molar-refractivity contribution in [2.45, 2.75) is 6.42 Å². The lowest BCUT2D eigenvalue weighted by molar-refractivity contribution is -0.121. The quantitative estimate of drug-likeness (QED) is 0.779. The van der Waals surface area contributed by atoms with Gasteiger partial charge < -0.3 is 9.47 Å². The third-order valence-electron chi connectivity index (χ3n) is 3.31. The van der Waals surface area contributed by atoms with E-state index in [2.05, 4.69) is 10.9 Å². The highest BCUT2D eigenvalue weighted by Gasteiger charge is 2.12. The zero-order chi connectivity index (χ0) is 18.4. The predicted octanol–water partition coefficient (Wildman–Crippen LogP) is 3.01. The predicted molar refractivity (Wildman–Crippen MR) is 95.3 cm³/mol. The fraction of sp³-hybridized carbons (Fsp3) is 0.176. The van der Waals surface area contributed by atoms with Gasteiger partial charge in [0.05, 0.1) is 30.7 Å². The largest absolute Gasteiger partial charge is 0.493 e. The monoisotopic (exact) mass is 382 g/mol. The molecule has 0 aliphatic rings. The lowest BCUT2D eigenvalue weighted by Gasteiger charge is -2.11. The summed E-state index contributed by atoms with van der Waals surface area (Å²) < 4.78 is 10.2. The second-order valence-electron chi connectivity index (χ2n) is 5.00. The molecule has 0 spiro atoms. The average Bonchev–Trinajstić information content (AvgIpc) is 2.62. The van der Waals surface area contributed by atoms with Crippen molar-refractivity contribution >= 4 is 35.0 Å². The first-order valence-electron chi connectivity index (χ1n) is 7.19. The lowest BCUT2D eigenvalue weighted by atomic mass is 10.1. The first kappa shape index (κ1) is 18.9. The number of methoxy groups -OCH3 is 2. The molecule has 0 aromatic heterocycles. The summed E-state index contributed by atoms with van der Waals surface area (Å²) in [6.07, 6.45) is 0.0447. The van der Waals surface area contributed by atoms with Crippen LogP contribution in [0.5, 0.6) is 11.5 Å². The Kier molecular flexibility index (Phi) is 6.50. The summed E-state index contributed by atoms with van der Waals surface area (Å²) in [4.78, 5) is 24.0. The van der Waals surface area contributed by atoms with Crippen molar-refractivity contribution in [3.63, 3.8) is 0 Å². The summed E-state index contributed by atoms with van der Waals surface area (Å²) in [5, 5.41) is 0.772. The number of carbonyl (C=O) groups excluding carboxylic acids is 2. The highest BCUT2D eigenvalue weighted by molar-refractivity contribution is 6.42. The van der Waals surface area contributed by atoms with E-state index in [1.807, 2.05) is 0 Å². The van der Waals surface area contributed by atoms with Gasteiger partial charge in [0.1, 0.15) is 0 Å². The minimum atomic E-state index is -0.483. The van der Waals surface area contributed by atoms with Crippen LogP contribution in [0, 0.1) is 0 Å². The summed E-state index contributed by atoms with van der Waals surface area (Å²) in [6, 6.07) is 9.56. The maximum Gasteiger partial charge on any atom is 0.269 e. The fourth-order valence-corrected chi connectivity index (χ4v) is 2.38. The summed E-state index contributed by atoms with van der Waals surface area (Å²) in [5.41, 5.74) is 5.67. The molecule has 0 fully saturated rings. The molecule has 0 unspecified atom stereocenters. The van der Waals surface area contributed by atoms with Gasteiger partial charge in [-0.1, -0.05) is 29.3 Å². The van der Waals surface area contributed by atoms with Crippen molar-refractivity contribution in [3.8, 4) is 11.5 Å². The van der Waals surface area contributed by atoms with Crippen molar-refractivity contribution in [1.29, 1.82) is 0 Å². The van der Waals surface area contributed by atoms with Crippen molar-refractivity contribution in [2.75, 3.05) is 14.2 Å². The van der Waals surface area contributed by atoms with Crippen LogP contribution in [-0.2, 0) is 11.2 Å². The number of hydrazine groups is 1. The standard InChI is InChI=1S/C17H16Cl2N2O4/c1-24-14-6-4-11(9-15(14)25-2)17(23)21-20-16(22)8-10-3-5-12(18)13(19)7-10/h3-7,9H,8H2,1-2H3,(H,20,22)(H,21,23). The number of carbonyl (C=O) groups is 2. The Balaban J connectivity index is 1.94. The molecule has 0 aliphatic carbocycles. The van der Waals surface area contributed by atoms with Crippen LogP contribution in [0.15, 0.2) is 36.4 Å². The molecular formula is C17H16Cl2N2O4. The molecule has 2 N–H and O–H groups in total. The SMILES string of the molecule is COc1ccc(C(=O)NNC(=O)Cc2ccc(Cl)c(Cl)c2)cc1OC. The van der Waals surface area contributed by atoms with E-state index < -0.39 is 11.8 Å². The molecular weight excluding hydrogens is 367 g/mol. The van der Waals surface area contributed by atoms with Crippen molar-refractivity contribution in [2.24, 2.45) is 0 Å². The van der Waals surface area contributed by atoms with Crippen molar-refractivity contribution < 1.29 is 19.1 Å². The van der Waals surface area contributed by atoms with Crippen LogP contribution in [0.4, 0.5) is 0 Å². The third kappa shape index (κ3) is 5.01. The van der Waals surface area contributed by atoms with Gasteiger partial charge >= 0.3 is 0 Å². The second-order valence-corrected chi connectivity index (χ2v) is 5.81. The van der Waals surface area contributed by atoms with Crippen LogP contribution in [0.2, 0.25) is 10.0 Å². The van der Waals surface area contributed by atoms with E-state index in [1.54, 1.807) is 30.3 Å². The Hall–Kier alpha value is -2.44. The molecule has 0 radical (unpaired) electrons. The van der Waals surface area contributed by atoms with Crippen LogP contribution in [-0.4, -0.2) is 26.0 Å². The zero-order valence-corrected chi connectivity index (χ0v) is 15.1. The van der Waals surface area contributed by atoms with Gasteiger partial charge in [-0.25, -0.2) is 0 Å². The van der Waals surface area contributed by atoms with Gasteiger partial charge in [0.25, 0.3) is 5.91 Å². The maximum absolute atomic E-state index is 12.1. The maximum atomic E-state index is 12.1. The number of ether oxygens (including phenoxy) is 2. The molecule has 2 aromatic carbocycles. The van der Waals surface area contributed by atoms with Crippen LogP contribution >= 0.6 is 23.2 Å². The van der Waals surface area contributed by atoms with E-state index in [0.29, 0.717) is 32.7 Å². The van der Waals surface area contributed by atoms with Crippen LogP contribution in [0.3, 0.4) is 0 Å². The summed E-state index contributed by atoms with van der Waals surface area (Å²) in [6.45, 7) is 0. The van der Waals surface area contributed by atoms with Crippen molar-refractivity contribution in [1.82, 2.24) is 10.9 Å². The van der Waals surface area contributed by atoms with Crippen LogP contribution in [0.1, 0.15) is 15.9 Å². The zero-order valence-electron chi connectivity index (χ0n) is 13.6. The number of hydrogen-bond donors (Lipinski definition) is 2. The Morgan fingerprint density at radius 2 is 1.64 bits per heavy atom. The Morgan fingerprint density at radius 3 is 2.28 bits per heavy atom. The number of hydrogen-bond acceptors (Lipinski definition) is 4. The van der Waals surface area contributed by atoms with Gasteiger partial charge in [-0.05, 0) is 35.9 Å². The van der Waals surface area contributed by atoms with E-state index in [1.165, 1.54) is 20.3 Å². The molecule has 2 aromatic rings. The second kappa shape index (κ2) is 8.60. The summed E-state index contributed by atoms with van der Waals surface area (Å²) in [7, 11) is 2.97. The van der Waals surface area contributed by atoms with E-state index in [9.17, 15) is 9.59 Å². The molecule has 6 nitrogen and oxygen atoms in total. The number of amides is 2.